The predicted octanol–water partition coefficient (Wildman–Crippen LogP) is 14.3. The van der Waals surface area contributed by atoms with Gasteiger partial charge in [0.15, 0.2) is 11.5 Å². The van der Waals surface area contributed by atoms with Gasteiger partial charge in [-0.2, -0.15) is 0 Å². The van der Waals surface area contributed by atoms with Crippen molar-refractivity contribution in [2.45, 2.75) is 226 Å². The third-order valence-corrected chi connectivity index (χ3v) is 9.52. The maximum absolute atomic E-state index is 12.6. The van der Waals surface area contributed by atoms with E-state index in [0.29, 0.717) is 24.3 Å². The molecule has 0 amide bonds. The third kappa shape index (κ3) is 27.8. The quantitative estimate of drug-likeness (QED) is 0.0421. The zero-order valence-corrected chi connectivity index (χ0v) is 31.5. The minimum absolute atomic E-state index is 0.245. The molecule has 0 unspecified atom stereocenters. The van der Waals surface area contributed by atoms with Crippen LogP contribution >= 0.6 is 0 Å². The average molecular weight is 657 g/mol. The van der Waals surface area contributed by atoms with Crippen molar-refractivity contribution in [2.75, 3.05) is 0 Å². The molecule has 4 heteroatoms. The summed E-state index contributed by atoms with van der Waals surface area (Å²) in [4.78, 5) is 25.1. The van der Waals surface area contributed by atoms with E-state index in [1.807, 2.05) is 13.0 Å². The van der Waals surface area contributed by atoms with Crippen LogP contribution in [-0.4, -0.2) is 11.9 Å². The largest absolute Gasteiger partial charge is 0.423 e. The normalized spacial score (nSPS) is 11.2. The first-order valence-corrected chi connectivity index (χ1v) is 20.6. The molecule has 4 nitrogen and oxygen atoms in total. The summed E-state index contributed by atoms with van der Waals surface area (Å²) in [5, 5.41) is 0. The van der Waals surface area contributed by atoms with Crippen molar-refractivity contribution in [3.63, 3.8) is 0 Å². The lowest BCUT2D eigenvalue weighted by Gasteiger charge is -2.11. The minimum Gasteiger partial charge on any atom is -0.423 e. The summed E-state index contributed by atoms with van der Waals surface area (Å²) < 4.78 is 11.3. The molecule has 0 aliphatic rings. The van der Waals surface area contributed by atoms with Crippen molar-refractivity contribution in [3.8, 4) is 11.5 Å². The number of ether oxygens (including phenoxy) is 2. The van der Waals surface area contributed by atoms with E-state index in [4.69, 9.17) is 9.47 Å². The molecular weight excluding hydrogens is 580 g/mol. The van der Waals surface area contributed by atoms with Gasteiger partial charge in [0.05, 0.1) is 0 Å². The SMILES string of the molecule is CCCCCCCCCCCCCCCCCC(=O)Oc1ccc(C)cc1OC(=O)CCCCCCCCCCCCCCCCC. The van der Waals surface area contributed by atoms with Crippen molar-refractivity contribution in [1.29, 1.82) is 0 Å². The Morgan fingerprint density at radius 3 is 1.00 bits per heavy atom. The van der Waals surface area contributed by atoms with E-state index in [2.05, 4.69) is 13.8 Å². The first-order chi connectivity index (χ1) is 23.1. The zero-order chi connectivity index (χ0) is 34.0. The van der Waals surface area contributed by atoms with Gasteiger partial charge in [0.1, 0.15) is 0 Å². The number of unbranched alkanes of at least 4 members (excludes halogenated alkanes) is 28. The zero-order valence-electron chi connectivity index (χ0n) is 31.5. The van der Waals surface area contributed by atoms with Gasteiger partial charge in [-0.05, 0) is 37.5 Å². The number of esters is 2. The molecule has 0 saturated heterocycles. The van der Waals surface area contributed by atoms with Gasteiger partial charge in [-0.15, -0.1) is 0 Å². The number of hydrogen-bond donors (Lipinski definition) is 0. The molecule has 47 heavy (non-hydrogen) atoms. The van der Waals surface area contributed by atoms with Crippen LogP contribution in [0.5, 0.6) is 11.5 Å². The molecule has 0 radical (unpaired) electrons. The number of carbonyl (C=O) groups is 2. The first kappa shape index (κ1) is 43.2. The molecule has 0 N–H and O–H groups in total. The van der Waals surface area contributed by atoms with Gasteiger partial charge in [-0.3, -0.25) is 9.59 Å². The number of carbonyl (C=O) groups excluding carboxylic acids is 2. The van der Waals surface area contributed by atoms with Gasteiger partial charge >= 0.3 is 11.9 Å². The highest BCUT2D eigenvalue weighted by Gasteiger charge is 2.14. The fourth-order valence-electron chi connectivity index (χ4n) is 6.41. The molecule has 0 atom stereocenters. The van der Waals surface area contributed by atoms with Crippen LogP contribution < -0.4 is 9.47 Å². The van der Waals surface area contributed by atoms with Crippen molar-refractivity contribution in [2.24, 2.45) is 0 Å². The lowest BCUT2D eigenvalue weighted by molar-refractivity contribution is -0.137. The Morgan fingerprint density at radius 2 is 0.681 bits per heavy atom. The van der Waals surface area contributed by atoms with Crippen LogP contribution in [0.3, 0.4) is 0 Å². The molecule has 0 heterocycles. The van der Waals surface area contributed by atoms with Crippen molar-refractivity contribution in [3.05, 3.63) is 23.8 Å². The van der Waals surface area contributed by atoms with E-state index in [0.717, 1.165) is 31.2 Å². The Balaban J connectivity index is 2.07. The van der Waals surface area contributed by atoms with Crippen LogP contribution in [0.1, 0.15) is 225 Å². The molecule has 1 aromatic carbocycles. The first-order valence-electron chi connectivity index (χ1n) is 20.6. The molecular formula is C43H76O4. The topological polar surface area (TPSA) is 52.6 Å². The number of aryl methyl sites for hydroxylation is 1. The summed E-state index contributed by atoms with van der Waals surface area (Å²) >= 11 is 0. The van der Waals surface area contributed by atoms with Crippen LogP contribution in [0, 0.1) is 6.92 Å². The third-order valence-electron chi connectivity index (χ3n) is 9.52. The van der Waals surface area contributed by atoms with E-state index >= 15 is 0 Å². The summed E-state index contributed by atoms with van der Waals surface area (Å²) in [6.45, 7) is 6.50. The molecule has 1 rings (SSSR count). The number of rotatable bonds is 34. The second-order valence-corrected chi connectivity index (χ2v) is 14.3. The Labute approximate surface area is 291 Å². The second kappa shape index (κ2) is 32.7. The summed E-state index contributed by atoms with van der Waals surface area (Å²) in [6, 6.07) is 5.43. The van der Waals surface area contributed by atoms with Gasteiger partial charge in [-0.25, -0.2) is 0 Å². The van der Waals surface area contributed by atoms with Gasteiger partial charge in [0.2, 0.25) is 0 Å². The minimum atomic E-state index is -0.247. The summed E-state index contributed by atoms with van der Waals surface area (Å²) in [5.41, 5.74) is 0.974. The molecule has 0 aliphatic heterocycles. The molecule has 0 bridgehead atoms. The molecule has 0 fully saturated rings. The lowest BCUT2D eigenvalue weighted by atomic mass is 10.0. The smallest absolute Gasteiger partial charge is 0.311 e. The van der Waals surface area contributed by atoms with Crippen LogP contribution in [0.25, 0.3) is 0 Å². The van der Waals surface area contributed by atoms with Gasteiger partial charge in [-0.1, -0.05) is 200 Å². The Bertz CT molecular complexity index is 863. The van der Waals surface area contributed by atoms with E-state index in [1.165, 1.54) is 167 Å². The Morgan fingerprint density at radius 1 is 0.404 bits per heavy atom. The highest BCUT2D eigenvalue weighted by atomic mass is 16.6. The maximum atomic E-state index is 12.6. The molecule has 272 valence electrons. The summed E-state index contributed by atoms with van der Waals surface area (Å²) in [6.07, 6.45) is 39.8. The van der Waals surface area contributed by atoms with E-state index in [1.54, 1.807) is 12.1 Å². The fraction of sp³-hybridized carbons (Fsp3) is 0.814. The van der Waals surface area contributed by atoms with Crippen LogP contribution in [0.15, 0.2) is 18.2 Å². The average Bonchev–Trinajstić information content (AvgIpc) is 3.06. The number of benzene rings is 1. The number of hydrogen-bond acceptors (Lipinski definition) is 4. The van der Waals surface area contributed by atoms with Crippen molar-refractivity contribution < 1.29 is 19.1 Å². The van der Waals surface area contributed by atoms with Crippen molar-refractivity contribution >= 4 is 11.9 Å². The molecule has 0 aliphatic carbocycles. The van der Waals surface area contributed by atoms with E-state index < -0.39 is 0 Å². The molecule has 0 aromatic heterocycles. The highest BCUT2D eigenvalue weighted by molar-refractivity contribution is 5.76. The van der Waals surface area contributed by atoms with Crippen LogP contribution in [0.4, 0.5) is 0 Å². The molecule has 0 saturated carbocycles. The fourth-order valence-corrected chi connectivity index (χ4v) is 6.41. The van der Waals surface area contributed by atoms with E-state index in [-0.39, 0.29) is 11.9 Å². The van der Waals surface area contributed by atoms with Gasteiger partial charge in [0.25, 0.3) is 0 Å². The second-order valence-electron chi connectivity index (χ2n) is 14.3. The van der Waals surface area contributed by atoms with Crippen molar-refractivity contribution in [1.82, 2.24) is 0 Å². The van der Waals surface area contributed by atoms with E-state index in [9.17, 15) is 9.59 Å². The standard InChI is InChI=1S/C43H76O4/c1-4-6-8-10-12-14-16-18-20-22-24-26-28-30-32-34-42(44)46-40-37-36-39(3)38-41(40)47-43(45)35-33-31-29-27-25-23-21-19-17-15-13-11-9-7-5-2/h36-38H,4-35H2,1-3H3. The van der Waals surface area contributed by atoms with Crippen LogP contribution in [-0.2, 0) is 9.59 Å². The van der Waals surface area contributed by atoms with Gasteiger partial charge < -0.3 is 9.47 Å². The maximum Gasteiger partial charge on any atom is 0.311 e. The summed E-state index contributed by atoms with van der Waals surface area (Å²) in [5.74, 6) is 0.223. The highest BCUT2D eigenvalue weighted by Crippen LogP contribution is 2.29. The summed E-state index contributed by atoms with van der Waals surface area (Å²) in [7, 11) is 0. The Hall–Kier alpha value is -1.84. The van der Waals surface area contributed by atoms with Crippen LogP contribution in [0.2, 0.25) is 0 Å². The lowest BCUT2D eigenvalue weighted by Crippen LogP contribution is -2.12. The molecule has 1 aromatic rings. The predicted molar refractivity (Wildman–Crippen MR) is 202 cm³/mol. The molecule has 0 spiro atoms. The monoisotopic (exact) mass is 657 g/mol. The Kier molecular flexibility index (Phi) is 30.0. The van der Waals surface area contributed by atoms with Gasteiger partial charge in [0, 0.05) is 12.8 Å².